The number of anilines is 1. The average molecular weight is 347 g/mol. The lowest BCUT2D eigenvalue weighted by Gasteiger charge is -2.05. The van der Waals surface area contributed by atoms with Crippen LogP contribution in [0.2, 0.25) is 0 Å². The average Bonchev–Trinajstić information content (AvgIpc) is 3.31. The third kappa shape index (κ3) is 3.34. The molecule has 4 rings (SSSR count). The quantitative estimate of drug-likeness (QED) is 0.581. The molecule has 0 unspecified atom stereocenters. The molecule has 0 saturated heterocycles. The van der Waals surface area contributed by atoms with Crippen molar-refractivity contribution in [2.45, 2.75) is 0 Å². The van der Waals surface area contributed by atoms with Crippen LogP contribution in [-0.2, 0) is 0 Å². The maximum absolute atomic E-state index is 12.6. The van der Waals surface area contributed by atoms with E-state index >= 15 is 0 Å². The van der Waals surface area contributed by atoms with E-state index in [9.17, 15) is 4.79 Å². The minimum absolute atomic E-state index is 0.200. The van der Waals surface area contributed by atoms with Crippen LogP contribution in [0.25, 0.3) is 22.9 Å². The minimum Gasteiger partial charge on any atom is -0.465 e. The summed E-state index contributed by atoms with van der Waals surface area (Å²) in [6.07, 6.45) is 5.20. The summed E-state index contributed by atoms with van der Waals surface area (Å²) >= 11 is 1.30. The van der Waals surface area contributed by atoms with Gasteiger partial charge in [0.2, 0.25) is 5.13 Å². The fourth-order valence-corrected chi connectivity index (χ4v) is 3.12. The Bertz CT molecular complexity index is 1050. The van der Waals surface area contributed by atoms with Gasteiger partial charge in [0, 0.05) is 5.56 Å². The van der Waals surface area contributed by atoms with Gasteiger partial charge < -0.3 is 4.42 Å². The lowest BCUT2D eigenvalue weighted by Crippen LogP contribution is -2.12. The van der Waals surface area contributed by atoms with Crippen LogP contribution in [0, 0.1) is 0 Å². The molecule has 25 heavy (non-hydrogen) atoms. The highest BCUT2D eigenvalue weighted by Gasteiger charge is 2.12. The zero-order chi connectivity index (χ0) is 17.1. The standard InChI is InChI=1S/C19H13N3O2S/c23-18(16-9-3-6-13-5-1-2-8-15(13)16)20-19-22-21-17(25-19)11-10-14-7-4-12-24-14/h1-12H,(H,20,22,23). The molecule has 5 nitrogen and oxygen atoms in total. The molecule has 6 heteroatoms. The summed E-state index contributed by atoms with van der Waals surface area (Å²) in [6, 6.07) is 17.1. The molecule has 0 bridgehead atoms. The van der Waals surface area contributed by atoms with Gasteiger partial charge in [0.25, 0.3) is 5.91 Å². The van der Waals surface area contributed by atoms with Gasteiger partial charge in [0.1, 0.15) is 10.8 Å². The molecule has 0 aliphatic heterocycles. The molecule has 2 aromatic carbocycles. The van der Waals surface area contributed by atoms with Gasteiger partial charge in [-0.15, -0.1) is 10.2 Å². The van der Waals surface area contributed by atoms with E-state index in [4.69, 9.17) is 4.42 Å². The number of aromatic nitrogens is 2. The monoisotopic (exact) mass is 347 g/mol. The number of carbonyl (C=O) groups excluding carboxylic acids is 1. The summed E-state index contributed by atoms with van der Waals surface area (Å²) < 4.78 is 5.23. The number of carbonyl (C=O) groups is 1. The summed E-state index contributed by atoms with van der Waals surface area (Å²) in [5.41, 5.74) is 0.612. The van der Waals surface area contributed by atoms with Crippen molar-refractivity contribution < 1.29 is 9.21 Å². The van der Waals surface area contributed by atoms with Crippen molar-refractivity contribution >= 4 is 45.3 Å². The predicted octanol–water partition coefficient (Wildman–Crippen LogP) is 4.71. The number of amides is 1. The third-order valence-electron chi connectivity index (χ3n) is 3.63. The fourth-order valence-electron chi connectivity index (χ4n) is 2.48. The highest BCUT2D eigenvalue weighted by molar-refractivity contribution is 7.16. The van der Waals surface area contributed by atoms with Gasteiger partial charge in [0.15, 0.2) is 0 Å². The van der Waals surface area contributed by atoms with Crippen molar-refractivity contribution in [3.05, 3.63) is 77.2 Å². The normalized spacial score (nSPS) is 11.2. The second kappa shape index (κ2) is 6.70. The zero-order valence-electron chi connectivity index (χ0n) is 13.0. The van der Waals surface area contributed by atoms with Gasteiger partial charge in [-0.1, -0.05) is 47.7 Å². The van der Waals surface area contributed by atoms with Gasteiger partial charge in [-0.25, -0.2) is 0 Å². The van der Waals surface area contributed by atoms with E-state index in [0.717, 1.165) is 16.5 Å². The molecule has 0 fully saturated rings. The summed E-state index contributed by atoms with van der Waals surface area (Å²) in [5.74, 6) is 0.533. The largest absolute Gasteiger partial charge is 0.465 e. The smallest absolute Gasteiger partial charge is 0.258 e. The van der Waals surface area contributed by atoms with Crippen LogP contribution in [0.3, 0.4) is 0 Å². The molecule has 0 atom stereocenters. The summed E-state index contributed by atoms with van der Waals surface area (Å²) in [6.45, 7) is 0. The number of hydrogen-bond donors (Lipinski definition) is 1. The predicted molar refractivity (Wildman–Crippen MR) is 99.4 cm³/mol. The molecular weight excluding hydrogens is 334 g/mol. The molecule has 0 radical (unpaired) electrons. The molecule has 0 saturated carbocycles. The number of fused-ring (bicyclic) bond motifs is 1. The Kier molecular flexibility index (Phi) is 4.10. The first kappa shape index (κ1) is 15.3. The molecule has 1 amide bonds. The number of hydrogen-bond acceptors (Lipinski definition) is 5. The maximum Gasteiger partial charge on any atom is 0.258 e. The van der Waals surface area contributed by atoms with E-state index < -0.39 is 0 Å². The highest BCUT2D eigenvalue weighted by atomic mass is 32.1. The van der Waals surface area contributed by atoms with Crippen LogP contribution in [-0.4, -0.2) is 16.1 Å². The molecule has 0 aliphatic rings. The topological polar surface area (TPSA) is 68.0 Å². The molecule has 1 N–H and O–H groups in total. The number of rotatable bonds is 4. The summed E-state index contributed by atoms with van der Waals surface area (Å²) in [7, 11) is 0. The van der Waals surface area contributed by atoms with Crippen molar-refractivity contribution in [2.24, 2.45) is 0 Å². The molecule has 0 aliphatic carbocycles. The van der Waals surface area contributed by atoms with E-state index in [1.807, 2.05) is 48.5 Å². The zero-order valence-corrected chi connectivity index (χ0v) is 13.9. The molecule has 4 aromatic rings. The summed E-state index contributed by atoms with van der Waals surface area (Å²) in [4.78, 5) is 12.6. The van der Waals surface area contributed by atoms with Crippen LogP contribution in [0.5, 0.6) is 0 Å². The Hall–Kier alpha value is -3.25. The summed E-state index contributed by atoms with van der Waals surface area (Å²) in [5, 5.41) is 13.9. The van der Waals surface area contributed by atoms with Crippen LogP contribution in [0.15, 0.2) is 65.3 Å². The number of benzene rings is 2. The Morgan fingerprint density at radius 1 is 1.00 bits per heavy atom. The fraction of sp³-hybridized carbons (Fsp3) is 0. The van der Waals surface area contributed by atoms with Crippen molar-refractivity contribution in [1.29, 1.82) is 0 Å². The van der Waals surface area contributed by atoms with Gasteiger partial charge >= 0.3 is 0 Å². The van der Waals surface area contributed by atoms with Crippen LogP contribution >= 0.6 is 11.3 Å². The molecule has 0 spiro atoms. The number of nitrogens with one attached hydrogen (secondary N) is 1. The van der Waals surface area contributed by atoms with Crippen molar-refractivity contribution in [2.75, 3.05) is 5.32 Å². The van der Waals surface area contributed by atoms with Gasteiger partial charge in [-0.2, -0.15) is 0 Å². The first-order chi connectivity index (χ1) is 12.3. The molecular formula is C19H13N3O2S. The Morgan fingerprint density at radius 2 is 1.88 bits per heavy atom. The minimum atomic E-state index is -0.200. The van der Waals surface area contributed by atoms with Gasteiger partial charge in [-0.3, -0.25) is 10.1 Å². The van der Waals surface area contributed by atoms with Crippen LogP contribution < -0.4 is 5.32 Å². The second-order valence-corrected chi connectivity index (χ2v) is 6.28. The SMILES string of the molecule is O=C(Nc1nnc(C=Cc2ccco2)s1)c1cccc2ccccc12. The molecule has 2 heterocycles. The van der Waals surface area contributed by atoms with Gasteiger partial charge in [-0.05, 0) is 41.1 Å². The van der Waals surface area contributed by atoms with E-state index in [-0.39, 0.29) is 5.91 Å². The van der Waals surface area contributed by atoms with E-state index in [1.54, 1.807) is 24.5 Å². The Labute approximate surface area is 147 Å². The van der Waals surface area contributed by atoms with Crippen LogP contribution in [0.4, 0.5) is 5.13 Å². The van der Waals surface area contributed by atoms with Crippen LogP contribution in [0.1, 0.15) is 21.1 Å². The highest BCUT2D eigenvalue weighted by Crippen LogP contribution is 2.22. The van der Waals surface area contributed by atoms with Gasteiger partial charge in [0.05, 0.1) is 6.26 Å². The first-order valence-electron chi connectivity index (χ1n) is 7.64. The maximum atomic E-state index is 12.6. The molecule has 2 aromatic heterocycles. The number of nitrogens with zero attached hydrogens (tertiary/aromatic N) is 2. The van der Waals surface area contributed by atoms with E-state index in [0.29, 0.717) is 15.7 Å². The number of furan rings is 1. The van der Waals surface area contributed by atoms with E-state index in [2.05, 4.69) is 15.5 Å². The lowest BCUT2D eigenvalue weighted by molar-refractivity contribution is 0.102. The van der Waals surface area contributed by atoms with Crippen molar-refractivity contribution in [3.8, 4) is 0 Å². The Morgan fingerprint density at radius 3 is 2.76 bits per heavy atom. The van der Waals surface area contributed by atoms with Crippen molar-refractivity contribution in [1.82, 2.24) is 10.2 Å². The van der Waals surface area contributed by atoms with E-state index in [1.165, 1.54) is 11.3 Å². The third-order valence-corrected chi connectivity index (χ3v) is 4.43. The molecule has 122 valence electrons. The lowest BCUT2D eigenvalue weighted by atomic mass is 10.0. The Balaban J connectivity index is 1.53. The second-order valence-electron chi connectivity index (χ2n) is 5.28. The van der Waals surface area contributed by atoms with Crippen molar-refractivity contribution in [3.63, 3.8) is 0 Å². The first-order valence-corrected chi connectivity index (χ1v) is 8.45.